The molecule has 0 amide bonds. The Balaban J connectivity index is 2.06. The topological polar surface area (TPSA) is 74.3 Å². The number of pyridine rings is 1. The number of ether oxygens (including phenoxy) is 1. The summed E-state index contributed by atoms with van der Waals surface area (Å²) in [6, 6.07) is 16.4. The first-order valence-corrected chi connectivity index (χ1v) is 8.32. The molecule has 2 aromatic rings. The van der Waals surface area contributed by atoms with Crippen LogP contribution in [-0.4, -0.2) is 16.3 Å². The number of rotatable bonds is 4. The molecular weight excluding hydrogens is 332 g/mol. The van der Waals surface area contributed by atoms with Crippen molar-refractivity contribution in [3.63, 3.8) is 0 Å². The van der Waals surface area contributed by atoms with E-state index in [4.69, 9.17) is 9.26 Å². The largest absolute Gasteiger partial charge is 0.488 e. The molecular formula is C20H16N2O4. The highest BCUT2D eigenvalue weighted by Crippen LogP contribution is 2.32. The molecule has 0 spiro atoms. The van der Waals surface area contributed by atoms with Crippen LogP contribution in [0.25, 0.3) is 22.2 Å². The molecule has 26 heavy (non-hydrogen) atoms. The predicted octanol–water partition coefficient (Wildman–Crippen LogP) is 2.90. The SMILES string of the molecule is CCOc1c2c3ccccc3onc-2c(=O)n(Cc2ccccc2)c1=O. The fourth-order valence-electron chi connectivity index (χ4n) is 3.03. The van der Waals surface area contributed by atoms with Crippen molar-refractivity contribution >= 4 is 11.0 Å². The number of nitrogens with zero attached hydrogens (tertiary/aromatic N) is 2. The molecule has 2 heterocycles. The molecule has 2 aliphatic rings. The Morgan fingerprint density at radius 1 is 1.00 bits per heavy atom. The zero-order valence-corrected chi connectivity index (χ0v) is 14.1. The number of aromatic nitrogens is 2. The smallest absolute Gasteiger partial charge is 0.296 e. The zero-order valence-electron chi connectivity index (χ0n) is 14.1. The molecule has 6 heteroatoms. The van der Waals surface area contributed by atoms with Crippen molar-refractivity contribution in [3.05, 3.63) is 80.9 Å². The van der Waals surface area contributed by atoms with E-state index in [9.17, 15) is 9.59 Å². The molecule has 6 nitrogen and oxygen atoms in total. The summed E-state index contributed by atoms with van der Waals surface area (Å²) in [4.78, 5) is 26.0. The average molecular weight is 348 g/mol. The number of hydrogen-bond acceptors (Lipinski definition) is 5. The van der Waals surface area contributed by atoms with Gasteiger partial charge in [-0.2, -0.15) is 0 Å². The van der Waals surface area contributed by atoms with Gasteiger partial charge in [-0.05, 0) is 18.6 Å². The van der Waals surface area contributed by atoms with E-state index in [1.165, 1.54) is 0 Å². The summed E-state index contributed by atoms with van der Waals surface area (Å²) in [5.41, 5.74) is 0.848. The van der Waals surface area contributed by atoms with Gasteiger partial charge in [0.05, 0.1) is 18.7 Å². The van der Waals surface area contributed by atoms with Crippen LogP contribution in [0, 0.1) is 0 Å². The third-order valence-corrected chi connectivity index (χ3v) is 4.21. The lowest BCUT2D eigenvalue weighted by Gasteiger charge is -2.15. The molecule has 0 radical (unpaired) electrons. The van der Waals surface area contributed by atoms with Gasteiger partial charge in [-0.25, -0.2) is 0 Å². The first-order valence-electron chi connectivity index (χ1n) is 8.32. The Labute approximate surface area is 148 Å². The summed E-state index contributed by atoms with van der Waals surface area (Å²) in [5.74, 6) is 0.123. The van der Waals surface area contributed by atoms with Crippen molar-refractivity contribution in [3.8, 4) is 17.0 Å². The van der Waals surface area contributed by atoms with E-state index >= 15 is 0 Å². The molecule has 4 rings (SSSR count). The first kappa shape index (κ1) is 16.1. The van der Waals surface area contributed by atoms with Gasteiger partial charge in [0, 0.05) is 5.39 Å². The summed E-state index contributed by atoms with van der Waals surface area (Å²) >= 11 is 0. The van der Waals surface area contributed by atoms with E-state index in [0.29, 0.717) is 23.1 Å². The highest BCUT2D eigenvalue weighted by atomic mass is 16.5. The van der Waals surface area contributed by atoms with E-state index in [-0.39, 0.29) is 18.0 Å². The van der Waals surface area contributed by atoms with E-state index in [1.54, 1.807) is 25.1 Å². The number of para-hydroxylation sites is 1. The second-order valence-corrected chi connectivity index (χ2v) is 5.85. The Bertz CT molecular complexity index is 1160. The molecule has 0 aliphatic carbocycles. The molecule has 130 valence electrons. The van der Waals surface area contributed by atoms with Crippen molar-refractivity contribution in [1.29, 1.82) is 0 Å². The minimum absolute atomic E-state index is 0.0858. The highest BCUT2D eigenvalue weighted by molar-refractivity contribution is 5.95. The van der Waals surface area contributed by atoms with Crippen LogP contribution in [0.4, 0.5) is 0 Å². The second-order valence-electron chi connectivity index (χ2n) is 5.85. The lowest BCUT2D eigenvalue weighted by Crippen LogP contribution is -2.36. The van der Waals surface area contributed by atoms with Crippen molar-refractivity contribution in [2.45, 2.75) is 13.5 Å². The van der Waals surface area contributed by atoms with Crippen molar-refractivity contribution in [2.75, 3.05) is 6.61 Å². The standard InChI is InChI=1S/C20H16N2O4/c1-2-25-18-16-14-10-6-7-11-15(14)26-21-17(16)19(23)22(20(18)24)12-13-8-4-3-5-9-13/h3-11H,2,12H2,1H3. The molecule has 0 aromatic heterocycles. The summed E-state index contributed by atoms with van der Waals surface area (Å²) in [6.07, 6.45) is 0. The molecule has 2 aliphatic heterocycles. The molecule has 0 unspecified atom stereocenters. The summed E-state index contributed by atoms with van der Waals surface area (Å²) < 4.78 is 12.1. The zero-order chi connectivity index (χ0) is 18.1. The van der Waals surface area contributed by atoms with E-state index < -0.39 is 11.1 Å². The maximum Gasteiger partial charge on any atom is 0.296 e. The highest BCUT2D eigenvalue weighted by Gasteiger charge is 2.26. The minimum atomic E-state index is -0.494. The maximum atomic E-state index is 13.0. The van der Waals surface area contributed by atoms with Crippen molar-refractivity contribution in [1.82, 2.24) is 9.72 Å². The van der Waals surface area contributed by atoms with Gasteiger partial charge in [0.1, 0.15) is 0 Å². The molecule has 0 atom stereocenters. The third kappa shape index (κ3) is 2.56. The monoisotopic (exact) mass is 348 g/mol. The lowest BCUT2D eigenvalue weighted by atomic mass is 10.1. The Morgan fingerprint density at radius 2 is 1.73 bits per heavy atom. The molecule has 0 saturated heterocycles. The normalized spacial score (nSPS) is 11.1. The molecule has 2 aromatic carbocycles. The maximum absolute atomic E-state index is 13.0. The fraction of sp³-hybridized carbons (Fsp3) is 0.150. The minimum Gasteiger partial charge on any atom is -0.488 e. The van der Waals surface area contributed by atoms with Gasteiger partial charge in [0.25, 0.3) is 11.1 Å². The lowest BCUT2D eigenvalue weighted by molar-refractivity contribution is 0.332. The fourth-order valence-corrected chi connectivity index (χ4v) is 3.03. The predicted molar refractivity (Wildman–Crippen MR) is 97.9 cm³/mol. The number of fused-ring (bicyclic) bond motifs is 3. The van der Waals surface area contributed by atoms with Crippen molar-refractivity contribution < 1.29 is 9.26 Å². The van der Waals surface area contributed by atoms with Crippen molar-refractivity contribution in [2.24, 2.45) is 0 Å². The van der Waals surface area contributed by atoms with Gasteiger partial charge >= 0.3 is 0 Å². The third-order valence-electron chi connectivity index (χ3n) is 4.21. The second kappa shape index (κ2) is 6.48. The summed E-state index contributed by atoms with van der Waals surface area (Å²) in [6.45, 7) is 2.23. The van der Waals surface area contributed by atoms with E-state index in [1.807, 2.05) is 36.4 Å². The van der Waals surface area contributed by atoms with Crippen LogP contribution in [0.1, 0.15) is 12.5 Å². The van der Waals surface area contributed by atoms with Gasteiger partial charge in [-0.3, -0.25) is 14.2 Å². The van der Waals surface area contributed by atoms with Crippen LogP contribution in [0.15, 0.2) is 68.7 Å². The van der Waals surface area contributed by atoms with Gasteiger partial charge in [0.2, 0.25) is 0 Å². The summed E-state index contributed by atoms with van der Waals surface area (Å²) in [7, 11) is 0. The first-order chi connectivity index (χ1) is 12.7. The van der Waals surface area contributed by atoms with Crippen LogP contribution in [-0.2, 0) is 6.54 Å². The molecule has 0 bridgehead atoms. The number of hydrogen-bond donors (Lipinski definition) is 0. The van der Waals surface area contributed by atoms with Crippen LogP contribution in [0.3, 0.4) is 0 Å². The van der Waals surface area contributed by atoms with E-state index in [0.717, 1.165) is 10.1 Å². The quantitative estimate of drug-likeness (QED) is 0.530. The average Bonchev–Trinajstić information content (AvgIpc) is 2.68. The van der Waals surface area contributed by atoms with Gasteiger partial charge < -0.3 is 9.26 Å². The Morgan fingerprint density at radius 3 is 2.50 bits per heavy atom. The van der Waals surface area contributed by atoms with Gasteiger partial charge in [-0.15, -0.1) is 0 Å². The summed E-state index contributed by atoms with van der Waals surface area (Å²) in [5, 5.41) is 4.59. The molecule has 0 saturated carbocycles. The Hall–Kier alpha value is -3.41. The van der Waals surface area contributed by atoms with Crippen LogP contribution >= 0.6 is 0 Å². The van der Waals surface area contributed by atoms with Gasteiger partial charge in [0.15, 0.2) is 17.0 Å². The van der Waals surface area contributed by atoms with Crippen LogP contribution in [0.2, 0.25) is 0 Å². The van der Waals surface area contributed by atoms with Crippen LogP contribution in [0.5, 0.6) is 5.75 Å². The molecule has 0 N–H and O–H groups in total. The number of benzene rings is 2. The van der Waals surface area contributed by atoms with Crippen LogP contribution < -0.4 is 15.9 Å². The van der Waals surface area contributed by atoms with E-state index in [2.05, 4.69) is 5.16 Å². The molecule has 0 fully saturated rings. The Kier molecular flexibility index (Phi) is 4.01. The van der Waals surface area contributed by atoms with Gasteiger partial charge in [-0.1, -0.05) is 53.7 Å².